The van der Waals surface area contributed by atoms with Gasteiger partial charge < -0.3 is 15.3 Å². The highest BCUT2D eigenvalue weighted by atomic mass is 16.3. The maximum Gasteiger partial charge on any atom is 0.274 e. The van der Waals surface area contributed by atoms with E-state index in [-0.39, 0.29) is 24.0 Å². The lowest BCUT2D eigenvalue weighted by molar-refractivity contribution is -0.119. The minimum Gasteiger partial charge on any atom is -0.393 e. The Morgan fingerprint density at radius 2 is 1.83 bits per heavy atom. The van der Waals surface area contributed by atoms with E-state index in [1.54, 1.807) is 6.92 Å². The van der Waals surface area contributed by atoms with Crippen molar-refractivity contribution < 1.29 is 14.7 Å². The van der Waals surface area contributed by atoms with Gasteiger partial charge in [0.25, 0.3) is 5.91 Å². The highest BCUT2D eigenvalue weighted by Crippen LogP contribution is 2.30. The van der Waals surface area contributed by atoms with Crippen LogP contribution in [0.2, 0.25) is 0 Å². The zero-order chi connectivity index (χ0) is 20.4. The largest absolute Gasteiger partial charge is 0.393 e. The maximum absolute atomic E-state index is 13.2. The molecular formula is C22H34N4O3. The maximum atomic E-state index is 13.2. The average Bonchev–Trinajstić information content (AvgIpc) is 3.30. The van der Waals surface area contributed by atoms with E-state index in [1.165, 1.54) is 5.69 Å². The van der Waals surface area contributed by atoms with Gasteiger partial charge in [0, 0.05) is 43.9 Å². The first kappa shape index (κ1) is 20.4. The SMILES string of the molecule is CC(=O)NC1CCN(C(=O)c2nn(CC[C@H]3CC[C@H](O)CC3)c3c2CCC3)CC1. The van der Waals surface area contributed by atoms with Crippen LogP contribution < -0.4 is 5.32 Å². The Bertz CT molecular complexity index is 743. The molecule has 2 amide bonds. The van der Waals surface area contributed by atoms with Crippen LogP contribution in [0, 0.1) is 5.92 Å². The standard InChI is InChI=1S/C22H34N4O3/c1-15(27)23-17-10-12-25(13-11-17)22(29)21-19-3-2-4-20(19)26(24-21)14-9-16-5-7-18(28)8-6-16/h16-18,28H,2-14H2,1H3,(H,23,27)/t16-,18-. The van der Waals surface area contributed by atoms with Crippen molar-refractivity contribution in [2.24, 2.45) is 5.92 Å². The molecule has 0 bridgehead atoms. The van der Waals surface area contributed by atoms with Crippen molar-refractivity contribution in [1.82, 2.24) is 20.0 Å². The monoisotopic (exact) mass is 402 g/mol. The third-order valence-electron chi connectivity index (χ3n) is 6.96. The second kappa shape index (κ2) is 8.86. The Labute approximate surface area is 172 Å². The van der Waals surface area contributed by atoms with Gasteiger partial charge in [-0.05, 0) is 70.1 Å². The lowest BCUT2D eigenvalue weighted by atomic mass is 9.85. The van der Waals surface area contributed by atoms with Gasteiger partial charge in [-0.2, -0.15) is 5.10 Å². The van der Waals surface area contributed by atoms with Crippen LogP contribution in [0.5, 0.6) is 0 Å². The van der Waals surface area contributed by atoms with Crippen LogP contribution >= 0.6 is 0 Å². The van der Waals surface area contributed by atoms with Gasteiger partial charge in [-0.25, -0.2) is 0 Å². The first-order valence-corrected chi connectivity index (χ1v) is 11.3. The van der Waals surface area contributed by atoms with Crippen LogP contribution in [0.15, 0.2) is 0 Å². The van der Waals surface area contributed by atoms with E-state index in [4.69, 9.17) is 5.10 Å². The number of aliphatic hydroxyl groups is 1. The van der Waals surface area contributed by atoms with Crippen molar-refractivity contribution in [2.45, 2.75) is 89.8 Å². The van der Waals surface area contributed by atoms with E-state index in [0.29, 0.717) is 24.7 Å². The van der Waals surface area contributed by atoms with Gasteiger partial charge in [-0.3, -0.25) is 14.3 Å². The second-order valence-electron chi connectivity index (χ2n) is 9.08. The molecule has 1 saturated heterocycles. The quantitative estimate of drug-likeness (QED) is 0.789. The third-order valence-corrected chi connectivity index (χ3v) is 6.96. The van der Waals surface area contributed by atoms with Crippen molar-refractivity contribution in [3.8, 4) is 0 Å². The number of rotatable bonds is 5. The van der Waals surface area contributed by atoms with Crippen LogP contribution in [0.3, 0.4) is 0 Å². The summed E-state index contributed by atoms with van der Waals surface area (Å²) in [5, 5.41) is 17.5. The number of aromatic nitrogens is 2. The minimum atomic E-state index is -0.112. The molecule has 2 N–H and O–H groups in total. The molecule has 1 aromatic heterocycles. The first-order valence-electron chi connectivity index (χ1n) is 11.3. The zero-order valence-corrected chi connectivity index (χ0v) is 17.5. The topological polar surface area (TPSA) is 87.5 Å². The Balaban J connectivity index is 1.39. The van der Waals surface area contributed by atoms with E-state index in [1.807, 2.05) is 4.90 Å². The number of aryl methyl sites for hydroxylation is 1. The number of carbonyl (C=O) groups excluding carboxylic acids is 2. The summed E-state index contributed by atoms with van der Waals surface area (Å²) in [5.41, 5.74) is 3.09. The van der Waals surface area contributed by atoms with Gasteiger partial charge in [-0.15, -0.1) is 0 Å². The molecule has 4 rings (SSSR count). The van der Waals surface area contributed by atoms with E-state index in [0.717, 1.165) is 76.3 Å². The molecule has 2 aliphatic carbocycles. The predicted octanol–water partition coefficient (Wildman–Crippen LogP) is 2.05. The number of hydrogen-bond acceptors (Lipinski definition) is 4. The first-order chi connectivity index (χ1) is 14.0. The molecule has 1 saturated carbocycles. The summed E-state index contributed by atoms with van der Waals surface area (Å²) in [4.78, 5) is 26.3. The number of nitrogens with one attached hydrogen (secondary N) is 1. The van der Waals surface area contributed by atoms with Gasteiger partial charge in [-0.1, -0.05) is 0 Å². The molecule has 2 fully saturated rings. The van der Waals surface area contributed by atoms with E-state index >= 15 is 0 Å². The fourth-order valence-corrected chi connectivity index (χ4v) is 5.27. The summed E-state index contributed by atoms with van der Waals surface area (Å²) in [7, 11) is 0. The van der Waals surface area contributed by atoms with Crippen molar-refractivity contribution >= 4 is 11.8 Å². The van der Waals surface area contributed by atoms with Gasteiger partial charge in [0.15, 0.2) is 5.69 Å². The van der Waals surface area contributed by atoms with Crippen LogP contribution in [0.4, 0.5) is 0 Å². The normalized spacial score (nSPS) is 25.1. The molecule has 2 heterocycles. The molecule has 1 aliphatic heterocycles. The summed E-state index contributed by atoms with van der Waals surface area (Å²) < 4.78 is 2.10. The van der Waals surface area contributed by atoms with Gasteiger partial charge in [0.05, 0.1) is 6.10 Å². The average molecular weight is 403 g/mol. The number of piperidine rings is 1. The van der Waals surface area contributed by atoms with E-state index < -0.39 is 0 Å². The zero-order valence-electron chi connectivity index (χ0n) is 17.5. The molecular weight excluding hydrogens is 368 g/mol. The molecule has 29 heavy (non-hydrogen) atoms. The molecule has 3 aliphatic rings. The lowest BCUT2D eigenvalue weighted by Crippen LogP contribution is -2.46. The molecule has 0 unspecified atom stereocenters. The molecule has 0 spiro atoms. The van der Waals surface area contributed by atoms with Crippen molar-refractivity contribution in [1.29, 1.82) is 0 Å². The minimum absolute atomic E-state index is 0.00110. The lowest BCUT2D eigenvalue weighted by Gasteiger charge is -2.32. The van der Waals surface area contributed by atoms with E-state index in [9.17, 15) is 14.7 Å². The number of aliphatic hydroxyl groups excluding tert-OH is 1. The number of nitrogens with zero attached hydrogens (tertiary/aromatic N) is 3. The highest BCUT2D eigenvalue weighted by molar-refractivity contribution is 5.94. The smallest absolute Gasteiger partial charge is 0.274 e. The summed E-state index contributed by atoms with van der Waals surface area (Å²) in [6.07, 6.45) is 9.68. The third kappa shape index (κ3) is 4.65. The Kier molecular flexibility index (Phi) is 6.23. The fourth-order valence-electron chi connectivity index (χ4n) is 5.27. The molecule has 0 atom stereocenters. The molecule has 0 aromatic carbocycles. The van der Waals surface area contributed by atoms with Crippen molar-refractivity contribution in [3.63, 3.8) is 0 Å². The number of likely N-dealkylation sites (tertiary alicyclic amines) is 1. The second-order valence-corrected chi connectivity index (χ2v) is 9.08. The van der Waals surface area contributed by atoms with Crippen molar-refractivity contribution in [2.75, 3.05) is 13.1 Å². The predicted molar refractivity (Wildman–Crippen MR) is 110 cm³/mol. The molecule has 1 aromatic rings. The summed E-state index contributed by atoms with van der Waals surface area (Å²) >= 11 is 0. The number of fused-ring (bicyclic) bond motifs is 1. The molecule has 160 valence electrons. The Morgan fingerprint density at radius 1 is 1.10 bits per heavy atom. The summed E-state index contributed by atoms with van der Waals surface area (Å²) in [5.74, 6) is 0.717. The summed E-state index contributed by atoms with van der Waals surface area (Å²) in [6.45, 7) is 3.77. The Hall–Kier alpha value is -1.89. The van der Waals surface area contributed by atoms with Crippen LogP contribution in [0.25, 0.3) is 0 Å². The van der Waals surface area contributed by atoms with Gasteiger partial charge in [0.1, 0.15) is 0 Å². The number of amides is 2. The fraction of sp³-hybridized carbons (Fsp3) is 0.773. The molecule has 0 radical (unpaired) electrons. The van der Waals surface area contributed by atoms with E-state index in [2.05, 4.69) is 10.00 Å². The Morgan fingerprint density at radius 3 is 2.52 bits per heavy atom. The van der Waals surface area contributed by atoms with Crippen LogP contribution in [-0.4, -0.2) is 56.8 Å². The molecule has 7 nitrogen and oxygen atoms in total. The van der Waals surface area contributed by atoms with Crippen LogP contribution in [-0.2, 0) is 24.2 Å². The summed E-state index contributed by atoms with van der Waals surface area (Å²) in [6, 6.07) is 0.175. The number of hydrogen-bond donors (Lipinski definition) is 2. The highest BCUT2D eigenvalue weighted by Gasteiger charge is 2.31. The van der Waals surface area contributed by atoms with Gasteiger partial charge in [0.2, 0.25) is 5.91 Å². The van der Waals surface area contributed by atoms with Gasteiger partial charge >= 0.3 is 0 Å². The van der Waals surface area contributed by atoms with Crippen molar-refractivity contribution in [3.05, 3.63) is 17.0 Å². The van der Waals surface area contributed by atoms with Crippen LogP contribution in [0.1, 0.15) is 80.0 Å². The number of carbonyl (C=O) groups is 2. The molecule has 7 heteroatoms.